The van der Waals surface area contributed by atoms with Gasteiger partial charge in [0.1, 0.15) is 27.6 Å². The standard InChI is InChI=1S/C20H22FN5O4S/c1-19(11-31(28,29)20(4-3-5-20)18(22)26-19)13-6-12(23-8-14(13)21)7-16(27)15-9-25-17(30-2)10-24-15/h6,8-10H,3-5,7,11H2,1-2H3,(H2,22,26)/t19-/m0/s1. The zero-order valence-electron chi connectivity index (χ0n) is 17.1. The lowest BCUT2D eigenvalue weighted by molar-refractivity contribution is 0.0986. The molecular weight excluding hydrogens is 425 g/mol. The Kier molecular flexibility index (Phi) is 5.03. The molecule has 1 aliphatic heterocycles. The summed E-state index contributed by atoms with van der Waals surface area (Å²) in [5, 5.41) is 0. The Labute approximate surface area is 178 Å². The molecule has 0 radical (unpaired) electrons. The van der Waals surface area contributed by atoms with Crippen LogP contribution in [0.5, 0.6) is 5.88 Å². The Morgan fingerprint density at radius 2 is 1.97 bits per heavy atom. The summed E-state index contributed by atoms with van der Waals surface area (Å²) in [6.45, 7) is 1.53. The molecule has 0 saturated heterocycles. The van der Waals surface area contributed by atoms with Crippen LogP contribution in [0.3, 0.4) is 0 Å². The van der Waals surface area contributed by atoms with Crippen LogP contribution in [0.2, 0.25) is 0 Å². The van der Waals surface area contributed by atoms with Crippen LogP contribution in [0.4, 0.5) is 4.39 Å². The average molecular weight is 447 g/mol. The molecule has 0 amide bonds. The molecule has 0 bridgehead atoms. The Hall–Kier alpha value is -2.95. The van der Waals surface area contributed by atoms with Gasteiger partial charge in [-0.05, 0) is 32.3 Å². The highest BCUT2D eigenvalue weighted by Crippen LogP contribution is 2.47. The van der Waals surface area contributed by atoms with Gasteiger partial charge in [-0.25, -0.2) is 22.8 Å². The van der Waals surface area contributed by atoms with Crippen LogP contribution in [0.1, 0.15) is 47.9 Å². The number of nitrogens with zero attached hydrogens (tertiary/aromatic N) is 4. The second-order valence-electron chi connectivity index (χ2n) is 8.08. The molecule has 3 heterocycles. The van der Waals surface area contributed by atoms with Crippen LogP contribution < -0.4 is 10.5 Å². The molecule has 11 heteroatoms. The maximum absolute atomic E-state index is 14.7. The number of pyridine rings is 1. The van der Waals surface area contributed by atoms with Crippen molar-refractivity contribution in [1.82, 2.24) is 15.0 Å². The first-order valence-electron chi connectivity index (χ1n) is 9.72. The smallest absolute Gasteiger partial charge is 0.232 e. The van der Waals surface area contributed by atoms with Crippen molar-refractivity contribution < 1.29 is 22.3 Å². The van der Waals surface area contributed by atoms with Crippen molar-refractivity contribution in [2.24, 2.45) is 10.7 Å². The second kappa shape index (κ2) is 7.33. The number of carbonyl (C=O) groups is 1. The minimum Gasteiger partial charge on any atom is -0.480 e. The summed E-state index contributed by atoms with van der Waals surface area (Å²) < 4.78 is 44.6. The number of Topliss-reactive ketones (excluding diaryl/α,β-unsaturated/α-hetero) is 1. The summed E-state index contributed by atoms with van der Waals surface area (Å²) in [6, 6.07) is 1.37. The lowest BCUT2D eigenvalue weighted by Crippen LogP contribution is -2.61. The van der Waals surface area contributed by atoms with Gasteiger partial charge in [0.15, 0.2) is 15.6 Å². The number of ketones is 1. The molecule has 1 fully saturated rings. The van der Waals surface area contributed by atoms with E-state index in [1.807, 2.05) is 0 Å². The first-order valence-corrected chi connectivity index (χ1v) is 11.4. The number of rotatable bonds is 5. The van der Waals surface area contributed by atoms with E-state index in [0.717, 1.165) is 12.6 Å². The SMILES string of the molecule is COc1cnc(C(=O)Cc2cc([C@]3(C)CS(=O)(=O)C4(CCC4)C(N)=N3)c(F)cn2)cn1. The van der Waals surface area contributed by atoms with Gasteiger partial charge in [-0.1, -0.05) is 0 Å². The number of methoxy groups -OCH3 is 1. The summed E-state index contributed by atoms with van der Waals surface area (Å²) in [7, 11) is -2.20. The van der Waals surface area contributed by atoms with Crippen LogP contribution in [0.15, 0.2) is 29.6 Å². The van der Waals surface area contributed by atoms with E-state index >= 15 is 0 Å². The van der Waals surface area contributed by atoms with Crippen LogP contribution in [-0.2, 0) is 21.8 Å². The van der Waals surface area contributed by atoms with Crippen molar-refractivity contribution in [2.75, 3.05) is 12.9 Å². The fourth-order valence-electron chi connectivity index (χ4n) is 4.08. The van der Waals surface area contributed by atoms with Crippen molar-refractivity contribution >= 4 is 21.5 Å². The van der Waals surface area contributed by atoms with Gasteiger partial charge in [0.05, 0.1) is 37.9 Å². The third-order valence-corrected chi connectivity index (χ3v) is 8.77. The van der Waals surface area contributed by atoms with Crippen LogP contribution in [-0.4, -0.2) is 52.6 Å². The number of amidine groups is 1. The molecule has 4 rings (SSSR count). The maximum Gasteiger partial charge on any atom is 0.232 e. The van der Waals surface area contributed by atoms with E-state index in [9.17, 15) is 17.6 Å². The Morgan fingerprint density at radius 1 is 1.23 bits per heavy atom. The van der Waals surface area contributed by atoms with Crippen LogP contribution in [0.25, 0.3) is 0 Å². The minimum atomic E-state index is -3.63. The fraction of sp³-hybridized carbons (Fsp3) is 0.450. The predicted octanol–water partition coefficient (Wildman–Crippen LogP) is 1.37. The second-order valence-corrected chi connectivity index (χ2v) is 10.4. The number of hydrogen-bond acceptors (Lipinski definition) is 9. The van der Waals surface area contributed by atoms with Gasteiger partial charge < -0.3 is 10.5 Å². The number of carbonyl (C=O) groups excluding carboxylic acids is 1. The molecule has 0 unspecified atom stereocenters. The molecule has 1 saturated carbocycles. The summed E-state index contributed by atoms with van der Waals surface area (Å²) >= 11 is 0. The van der Waals surface area contributed by atoms with Crippen molar-refractivity contribution in [3.8, 4) is 5.88 Å². The quantitative estimate of drug-likeness (QED) is 0.679. The summed E-state index contributed by atoms with van der Waals surface area (Å²) in [6.07, 6.45) is 5.03. The number of nitrogens with two attached hydrogens (primary N) is 1. The number of sulfone groups is 1. The number of aliphatic imine (C=N–C) groups is 1. The molecule has 0 aromatic carbocycles. The van der Waals surface area contributed by atoms with Crippen LogP contribution >= 0.6 is 0 Å². The predicted molar refractivity (Wildman–Crippen MR) is 110 cm³/mol. The van der Waals surface area contributed by atoms with E-state index in [1.54, 1.807) is 0 Å². The Morgan fingerprint density at radius 3 is 2.52 bits per heavy atom. The van der Waals surface area contributed by atoms with Gasteiger partial charge >= 0.3 is 0 Å². The zero-order valence-corrected chi connectivity index (χ0v) is 17.9. The van der Waals surface area contributed by atoms with Crippen LogP contribution in [0, 0.1) is 5.82 Å². The number of halogens is 1. The molecule has 1 aliphatic carbocycles. The Balaban J connectivity index is 1.65. The summed E-state index contributed by atoms with van der Waals surface area (Å²) in [4.78, 5) is 28.9. The highest BCUT2D eigenvalue weighted by atomic mass is 32.2. The van der Waals surface area contributed by atoms with E-state index in [2.05, 4.69) is 19.9 Å². The van der Waals surface area contributed by atoms with E-state index < -0.39 is 25.9 Å². The van der Waals surface area contributed by atoms with Gasteiger partial charge in [-0.3, -0.25) is 14.8 Å². The van der Waals surface area contributed by atoms with E-state index in [1.165, 1.54) is 32.5 Å². The average Bonchev–Trinajstić information content (AvgIpc) is 2.67. The Bertz CT molecular complexity index is 1180. The third kappa shape index (κ3) is 3.46. The molecule has 2 aliphatic rings. The molecule has 2 N–H and O–H groups in total. The lowest BCUT2D eigenvalue weighted by atomic mass is 9.82. The van der Waals surface area contributed by atoms with Crippen molar-refractivity contribution in [1.29, 1.82) is 0 Å². The molecular formula is C20H22FN5O4S. The van der Waals surface area contributed by atoms with Gasteiger partial charge in [0.2, 0.25) is 5.88 Å². The monoisotopic (exact) mass is 447 g/mol. The minimum absolute atomic E-state index is 0.0230. The number of ether oxygens (including phenoxy) is 1. The molecule has 31 heavy (non-hydrogen) atoms. The molecule has 164 valence electrons. The molecule has 1 spiro atoms. The highest BCUT2D eigenvalue weighted by Gasteiger charge is 2.58. The molecule has 2 aromatic rings. The molecule has 9 nitrogen and oxygen atoms in total. The van der Waals surface area contributed by atoms with E-state index in [-0.39, 0.29) is 46.6 Å². The molecule has 2 aromatic heterocycles. The van der Waals surface area contributed by atoms with Gasteiger partial charge in [-0.15, -0.1) is 0 Å². The summed E-state index contributed by atoms with van der Waals surface area (Å²) in [5.41, 5.74) is 5.08. The molecule has 1 atom stereocenters. The lowest BCUT2D eigenvalue weighted by Gasteiger charge is -2.46. The largest absolute Gasteiger partial charge is 0.480 e. The fourth-order valence-corrected chi connectivity index (χ4v) is 6.59. The van der Waals surface area contributed by atoms with Crippen molar-refractivity contribution in [3.63, 3.8) is 0 Å². The van der Waals surface area contributed by atoms with E-state index in [4.69, 9.17) is 10.5 Å². The van der Waals surface area contributed by atoms with Gasteiger partial charge in [0, 0.05) is 11.3 Å². The first kappa shape index (κ1) is 21.3. The normalized spacial score (nSPS) is 23.6. The third-order valence-electron chi connectivity index (χ3n) is 6.02. The first-order chi connectivity index (χ1) is 14.6. The van der Waals surface area contributed by atoms with Gasteiger partial charge in [-0.2, -0.15) is 0 Å². The maximum atomic E-state index is 14.7. The summed E-state index contributed by atoms with van der Waals surface area (Å²) in [5.74, 6) is -1.16. The van der Waals surface area contributed by atoms with Gasteiger partial charge in [0.25, 0.3) is 0 Å². The number of aromatic nitrogens is 3. The highest BCUT2D eigenvalue weighted by molar-refractivity contribution is 7.93. The number of hydrogen-bond donors (Lipinski definition) is 1. The van der Waals surface area contributed by atoms with Crippen molar-refractivity contribution in [3.05, 3.63) is 47.4 Å². The topological polar surface area (TPSA) is 137 Å². The van der Waals surface area contributed by atoms with E-state index in [0.29, 0.717) is 12.8 Å². The van der Waals surface area contributed by atoms with Crippen molar-refractivity contribution in [2.45, 2.75) is 42.9 Å². The zero-order chi connectivity index (χ0) is 22.4.